The zero-order valence-corrected chi connectivity index (χ0v) is 18.4. The van der Waals surface area contributed by atoms with Gasteiger partial charge in [0.2, 0.25) is 11.8 Å². The zero-order valence-electron chi connectivity index (χ0n) is 17.6. The summed E-state index contributed by atoms with van der Waals surface area (Å²) in [6.07, 6.45) is 5.15. The van der Waals surface area contributed by atoms with Gasteiger partial charge in [0, 0.05) is 55.4 Å². The molecule has 3 aliphatic heterocycles. The highest BCUT2D eigenvalue weighted by molar-refractivity contribution is 6.30. The second-order valence-corrected chi connectivity index (χ2v) is 9.07. The van der Waals surface area contributed by atoms with Gasteiger partial charge < -0.3 is 20.9 Å². The molecule has 8 nitrogen and oxygen atoms in total. The topological polar surface area (TPSA) is 93.8 Å². The highest BCUT2D eigenvalue weighted by Gasteiger charge is 2.43. The van der Waals surface area contributed by atoms with Gasteiger partial charge in [0.05, 0.1) is 6.04 Å². The van der Waals surface area contributed by atoms with E-state index in [1.165, 1.54) is 6.42 Å². The van der Waals surface area contributed by atoms with Crippen molar-refractivity contribution in [3.63, 3.8) is 0 Å². The largest absolute Gasteiger partial charge is 0.353 e. The van der Waals surface area contributed by atoms with E-state index in [1.54, 1.807) is 24.3 Å². The third kappa shape index (κ3) is 5.49. The number of carbonyl (C=O) groups excluding carboxylic acids is 3. The summed E-state index contributed by atoms with van der Waals surface area (Å²) in [6, 6.07) is 6.37. The van der Waals surface area contributed by atoms with Crippen molar-refractivity contribution < 1.29 is 14.4 Å². The molecule has 9 heteroatoms. The minimum absolute atomic E-state index is 0.00171. The molecule has 0 aliphatic carbocycles. The van der Waals surface area contributed by atoms with E-state index in [9.17, 15) is 14.4 Å². The predicted molar refractivity (Wildman–Crippen MR) is 119 cm³/mol. The molecule has 1 aromatic rings. The van der Waals surface area contributed by atoms with Crippen LogP contribution in [0.2, 0.25) is 5.02 Å². The van der Waals surface area contributed by atoms with Gasteiger partial charge in [0.25, 0.3) is 0 Å². The number of likely N-dealkylation sites (tertiary alicyclic amines) is 1. The van der Waals surface area contributed by atoms with Gasteiger partial charge in [-0.2, -0.15) is 0 Å². The Kier molecular flexibility index (Phi) is 6.97. The Labute approximate surface area is 187 Å². The predicted octanol–water partition coefficient (Wildman–Crippen LogP) is 2.20. The molecule has 0 unspecified atom stereocenters. The number of urea groups is 1. The molecule has 0 spiro atoms. The SMILES string of the molecule is O=C(Nc1cccc(Cl)c1)N[C@@H]1C[C@H]2C(=O)NC[C@@H](CCC(=O)N3CCCCC3)N2C1. The number of piperazine rings is 1. The average Bonchev–Trinajstić information content (AvgIpc) is 3.18. The molecule has 0 saturated carbocycles. The van der Waals surface area contributed by atoms with Gasteiger partial charge in [0.15, 0.2) is 0 Å². The van der Waals surface area contributed by atoms with E-state index < -0.39 is 0 Å². The van der Waals surface area contributed by atoms with Gasteiger partial charge in [0.1, 0.15) is 0 Å². The monoisotopic (exact) mass is 447 g/mol. The fourth-order valence-corrected chi connectivity index (χ4v) is 5.05. The summed E-state index contributed by atoms with van der Waals surface area (Å²) in [5.74, 6) is 0.209. The van der Waals surface area contributed by atoms with E-state index in [0.717, 1.165) is 25.9 Å². The van der Waals surface area contributed by atoms with E-state index in [4.69, 9.17) is 11.6 Å². The van der Waals surface area contributed by atoms with Gasteiger partial charge in [-0.15, -0.1) is 0 Å². The maximum atomic E-state index is 12.5. The molecule has 0 aromatic heterocycles. The van der Waals surface area contributed by atoms with Crippen LogP contribution >= 0.6 is 11.6 Å². The maximum absolute atomic E-state index is 12.5. The van der Waals surface area contributed by atoms with Crippen molar-refractivity contribution in [3.8, 4) is 0 Å². The van der Waals surface area contributed by atoms with Crippen molar-refractivity contribution in [1.82, 2.24) is 20.4 Å². The maximum Gasteiger partial charge on any atom is 0.319 e. The third-order valence-electron chi connectivity index (χ3n) is 6.44. The number of carbonyl (C=O) groups is 3. The Hall–Kier alpha value is -2.32. The number of amides is 4. The minimum atomic E-state index is -0.315. The molecule has 0 bridgehead atoms. The van der Waals surface area contributed by atoms with E-state index in [-0.39, 0.29) is 36.0 Å². The standard InChI is InChI=1S/C22H30ClN5O3/c23-15-5-4-6-16(11-15)25-22(31)26-17-12-19-21(30)24-13-18(28(19)14-17)7-8-20(29)27-9-2-1-3-10-27/h4-6,11,17-19H,1-3,7-10,12-14H2,(H,24,30)(H2,25,26,31)/t17-,18-,19+/m1/s1. The second-order valence-electron chi connectivity index (χ2n) is 8.63. The molecule has 3 heterocycles. The number of nitrogens with zero attached hydrogens (tertiary/aromatic N) is 2. The fourth-order valence-electron chi connectivity index (χ4n) is 4.86. The molecule has 3 aliphatic rings. The highest BCUT2D eigenvalue weighted by atomic mass is 35.5. The summed E-state index contributed by atoms with van der Waals surface area (Å²) in [7, 11) is 0. The number of hydrogen-bond acceptors (Lipinski definition) is 4. The Morgan fingerprint density at radius 3 is 2.77 bits per heavy atom. The van der Waals surface area contributed by atoms with Crippen LogP contribution in [0.5, 0.6) is 0 Å². The minimum Gasteiger partial charge on any atom is -0.353 e. The molecule has 4 amide bonds. The first-order valence-electron chi connectivity index (χ1n) is 11.1. The number of halogens is 1. The quantitative estimate of drug-likeness (QED) is 0.645. The van der Waals surface area contributed by atoms with Gasteiger partial charge in [-0.1, -0.05) is 17.7 Å². The van der Waals surface area contributed by atoms with Crippen LogP contribution in [-0.2, 0) is 9.59 Å². The lowest BCUT2D eigenvalue weighted by molar-refractivity contribution is -0.133. The van der Waals surface area contributed by atoms with Crippen LogP contribution in [-0.4, -0.2) is 71.9 Å². The Balaban J connectivity index is 1.30. The van der Waals surface area contributed by atoms with Crippen LogP contribution in [0.1, 0.15) is 38.5 Å². The van der Waals surface area contributed by atoms with Crippen molar-refractivity contribution in [3.05, 3.63) is 29.3 Å². The summed E-state index contributed by atoms with van der Waals surface area (Å²) >= 11 is 5.97. The number of benzene rings is 1. The van der Waals surface area contributed by atoms with Crippen LogP contribution in [0.15, 0.2) is 24.3 Å². The third-order valence-corrected chi connectivity index (χ3v) is 6.68. The molecule has 3 saturated heterocycles. The number of rotatable bonds is 5. The van der Waals surface area contributed by atoms with E-state index in [2.05, 4.69) is 20.9 Å². The normalized spacial score (nSPS) is 26.2. The van der Waals surface area contributed by atoms with Gasteiger partial charge in [-0.3, -0.25) is 14.5 Å². The first kappa shape index (κ1) is 21.9. The average molecular weight is 448 g/mol. The van der Waals surface area contributed by atoms with E-state index >= 15 is 0 Å². The smallest absolute Gasteiger partial charge is 0.319 e. The summed E-state index contributed by atoms with van der Waals surface area (Å²) in [5, 5.41) is 9.29. The number of hydrogen-bond donors (Lipinski definition) is 3. The van der Waals surface area contributed by atoms with Gasteiger partial charge >= 0.3 is 6.03 Å². The molecule has 1 aromatic carbocycles. The lowest BCUT2D eigenvalue weighted by Gasteiger charge is -2.37. The van der Waals surface area contributed by atoms with Crippen LogP contribution in [0, 0.1) is 0 Å². The molecule has 4 rings (SSSR count). The summed E-state index contributed by atoms with van der Waals surface area (Å²) < 4.78 is 0. The first-order chi connectivity index (χ1) is 15.0. The van der Waals surface area contributed by atoms with Gasteiger partial charge in [-0.05, 0) is 50.3 Å². The van der Waals surface area contributed by atoms with Crippen LogP contribution < -0.4 is 16.0 Å². The van der Waals surface area contributed by atoms with E-state index in [1.807, 2.05) is 4.90 Å². The van der Waals surface area contributed by atoms with Crippen molar-refractivity contribution in [2.24, 2.45) is 0 Å². The number of anilines is 1. The lowest BCUT2D eigenvalue weighted by atomic mass is 10.0. The highest BCUT2D eigenvalue weighted by Crippen LogP contribution is 2.26. The fraction of sp³-hybridized carbons (Fsp3) is 0.591. The molecule has 3 N–H and O–H groups in total. The molecule has 168 valence electrons. The number of fused-ring (bicyclic) bond motifs is 1. The molecule has 0 radical (unpaired) electrons. The van der Waals surface area contributed by atoms with Crippen LogP contribution in [0.4, 0.5) is 10.5 Å². The molecular weight excluding hydrogens is 418 g/mol. The van der Waals surface area contributed by atoms with Crippen molar-refractivity contribution in [1.29, 1.82) is 0 Å². The Morgan fingerprint density at radius 1 is 1.19 bits per heavy atom. The Morgan fingerprint density at radius 2 is 2.00 bits per heavy atom. The number of piperidine rings is 1. The molecule has 3 atom stereocenters. The van der Waals surface area contributed by atoms with Crippen LogP contribution in [0.25, 0.3) is 0 Å². The van der Waals surface area contributed by atoms with E-state index in [0.29, 0.717) is 43.1 Å². The molecule has 3 fully saturated rings. The summed E-state index contributed by atoms with van der Waals surface area (Å²) in [6.45, 7) is 2.87. The van der Waals surface area contributed by atoms with Crippen molar-refractivity contribution >= 4 is 35.1 Å². The van der Waals surface area contributed by atoms with Crippen LogP contribution in [0.3, 0.4) is 0 Å². The molecule has 31 heavy (non-hydrogen) atoms. The molecular formula is C22H30ClN5O3. The second kappa shape index (κ2) is 9.87. The summed E-state index contributed by atoms with van der Waals surface area (Å²) in [4.78, 5) is 41.5. The number of nitrogens with one attached hydrogen (secondary N) is 3. The van der Waals surface area contributed by atoms with Crippen molar-refractivity contribution in [2.45, 2.75) is 56.7 Å². The van der Waals surface area contributed by atoms with Gasteiger partial charge in [-0.25, -0.2) is 4.79 Å². The Bertz CT molecular complexity index is 829. The zero-order chi connectivity index (χ0) is 21.8. The first-order valence-corrected chi connectivity index (χ1v) is 11.5. The van der Waals surface area contributed by atoms with Crippen molar-refractivity contribution in [2.75, 3.05) is 31.5 Å². The summed E-state index contributed by atoms with van der Waals surface area (Å²) in [5.41, 5.74) is 0.618. The lowest BCUT2D eigenvalue weighted by Crippen LogP contribution is -2.58.